The minimum Gasteiger partial charge on any atom is -0.381 e. The molecule has 0 aromatic heterocycles. The maximum absolute atomic E-state index is 5.83. The summed E-state index contributed by atoms with van der Waals surface area (Å²) < 4.78 is 11.3. The van der Waals surface area contributed by atoms with Gasteiger partial charge in [0, 0.05) is 31.7 Å². The monoisotopic (exact) mass is 242 g/mol. The van der Waals surface area contributed by atoms with Crippen molar-refractivity contribution in [3.05, 3.63) is 0 Å². The summed E-state index contributed by atoms with van der Waals surface area (Å²) in [5.74, 6) is 0. The SMILES string of the molecule is COC1CC(NCC2CCC(CN)O2)C1(C)C. The molecule has 17 heavy (non-hydrogen) atoms. The summed E-state index contributed by atoms with van der Waals surface area (Å²) in [5.41, 5.74) is 5.84. The maximum Gasteiger partial charge on any atom is 0.0704 e. The van der Waals surface area contributed by atoms with Crippen molar-refractivity contribution >= 4 is 0 Å². The van der Waals surface area contributed by atoms with Crippen LogP contribution < -0.4 is 11.1 Å². The summed E-state index contributed by atoms with van der Waals surface area (Å²) in [4.78, 5) is 0. The van der Waals surface area contributed by atoms with E-state index in [1.807, 2.05) is 0 Å². The molecule has 2 fully saturated rings. The third kappa shape index (κ3) is 2.65. The molecular weight excluding hydrogens is 216 g/mol. The molecule has 3 N–H and O–H groups in total. The predicted molar refractivity (Wildman–Crippen MR) is 67.9 cm³/mol. The summed E-state index contributed by atoms with van der Waals surface area (Å²) in [7, 11) is 1.80. The quantitative estimate of drug-likeness (QED) is 0.752. The second kappa shape index (κ2) is 5.22. The van der Waals surface area contributed by atoms with Crippen LogP contribution in [0.5, 0.6) is 0 Å². The van der Waals surface area contributed by atoms with E-state index in [2.05, 4.69) is 19.2 Å². The number of nitrogens with two attached hydrogens (primary N) is 1. The molecule has 100 valence electrons. The molecule has 0 bridgehead atoms. The first kappa shape index (κ1) is 13.3. The van der Waals surface area contributed by atoms with E-state index < -0.39 is 0 Å². The van der Waals surface area contributed by atoms with Crippen LogP contribution in [-0.2, 0) is 9.47 Å². The van der Waals surface area contributed by atoms with Gasteiger partial charge in [0.15, 0.2) is 0 Å². The van der Waals surface area contributed by atoms with Crippen molar-refractivity contribution in [2.24, 2.45) is 11.1 Å². The van der Waals surface area contributed by atoms with Crippen molar-refractivity contribution in [2.75, 3.05) is 20.2 Å². The maximum atomic E-state index is 5.83. The highest BCUT2D eigenvalue weighted by molar-refractivity contribution is 5.02. The molecule has 4 unspecified atom stereocenters. The zero-order valence-electron chi connectivity index (χ0n) is 11.2. The van der Waals surface area contributed by atoms with E-state index >= 15 is 0 Å². The van der Waals surface area contributed by atoms with Gasteiger partial charge in [-0.15, -0.1) is 0 Å². The Morgan fingerprint density at radius 3 is 2.59 bits per heavy atom. The van der Waals surface area contributed by atoms with Crippen molar-refractivity contribution in [3.63, 3.8) is 0 Å². The van der Waals surface area contributed by atoms with Crippen molar-refractivity contribution < 1.29 is 9.47 Å². The van der Waals surface area contributed by atoms with Crippen LogP contribution in [0.15, 0.2) is 0 Å². The number of methoxy groups -OCH3 is 1. The first-order chi connectivity index (χ1) is 8.07. The Morgan fingerprint density at radius 2 is 2.06 bits per heavy atom. The fourth-order valence-corrected chi connectivity index (χ4v) is 3.01. The molecular formula is C13H26N2O2. The van der Waals surface area contributed by atoms with Crippen LogP contribution in [0.4, 0.5) is 0 Å². The first-order valence-corrected chi connectivity index (χ1v) is 6.69. The van der Waals surface area contributed by atoms with Gasteiger partial charge in [-0.25, -0.2) is 0 Å². The predicted octanol–water partition coefficient (Wildman–Crippen LogP) is 0.896. The molecule has 4 nitrogen and oxygen atoms in total. The van der Waals surface area contributed by atoms with E-state index in [-0.39, 0.29) is 11.5 Å². The van der Waals surface area contributed by atoms with Crippen LogP contribution in [0.3, 0.4) is 0 Å². The lowest BCUT2D eigenvalue weighted by Crippen LogP contribution is -2.61. The molecule has 1 aliphatic carbocycles. The molecule has 4 heteroatoms. The Labute approximate surface area is 104 Å². The molecule has 1 saturated heterocycles. The molecule has 0 spiro atoms. The van der Waals surface area contributed by atoms with Gasteiger partial charge in [0.2, 0.25) is 0 Å². The van der Waals surface area contributed by atoms with Gasteiger partial charge in [-0.05, 0) is 19.3 Å². The smallest absolute Gasteiger partial charge is 0.0704 e. The van der Waals surface area contributed by atoms with E-state index in [0.717, 1.165) is 25.8 Å². The minimum atomic E-state index is 0.237. The summed E-state index contributed by atoms with van der Waals surface area (Å²) in [6.07, 6.45) is 4.37. The lowest BCUT2D eigenvalue weighted by atomic mass is 9.64. The Hall–Kier alpha value is -0.160. The molecule has 0 radical (unpaired) electrons. The fourth-order valence-electron chi connectivity index (χ4n) is 3.01. The summed E-state index contributed by atoms with van der Waals surface area (Å²) >= 11 is 0. The molecule has 2 rings (SSSR count). The summed E-state index contributed by atoms with van der Waals surface area (Å²) in [6, 6.07) is 0.549. The van der Waals surface area contributed by atoms with Gasteiger partial charge >= 0.3 is 0 Å². The average molecular weight is 242 g/mol. The molecule has 0 aromatic rings. The third-order valence-electron chi connectivity index (χ3n) is 4.51. The van der Waals surface area contributed by atoms with Gasteiger partial charge in [-0.3, -0.25) is 0 Å². The Morgan fingerprint density at radius 1 is 1.35 bits per heavy atom. The topological polar surface area (TPSA) is 56.5 Å². The van der Waals surface area contributed by atoms with Crippen LogP contribution >= 0.6 is 0 Å². The van der Waals surface area contributed by atoms with Gasteiger partial charge in [-0.1, -0.05) is 13.8 Å². The molecule has 1 saturated carbocycles. The summed E-state index contributed by atoms with van der Waals surface area (Å²) in [6.45, 7) is 6.12. The van der Waals surface area contributed by atoms with Gasteiger partial charge < -0.3 is 20.5 Å². The van der Waals surface area contributed by atoms with Crippen molar-refractivity contribution in [1.29, 1.82) is 0 Å². The number of ether oxygens (including phenoxy) is 2. The standard InChI is InChI=1S/C13H26N2O2/c1-13(2)11(6-12(13)16-3)15-8-10-5-4-9(7-14)17-10/h9-12,15H,4-8,14H2,1-3H3. The Kier molecular flexibility index (Phi) is 4.08. The Bertz CT molecular complexity index is 258. The highest BCUT2D eigenvalue weighted by Gasteiger charge is 2.48. The number of rotatable bonds is 5. The fraction of sp³-hybridized carbons (Fsp3) is 1.00. The molecule has 1 heterocycles. The Balaban J connectivity index is 1.70. The number of hydrogen-bond donors (Lipinski definition) is 2. The molecule has 0 amide bonds. The normalized spacial score (nSPS) is 40.2. The largest absolute Gasteiger partial charge is 0.381 e. The van der Waals surface area contributed by atoms with Crippen LogP contribution in [-0.4, -0.2) is 44.6 Å². The lowest BCUT2D eigenvalue weighted by Gasteiger charge is -2.51. The first-order valence-electron chi connectivity index (χ1n) is 6.69. The zero-order chi connectivity index (χ0) is 12.5. The van der Waals surface area contributed by atoms with E-state index in [9.17, 15) is 0 Å². The summed E-state index contributed by atoms with van der Waals surface area (Å²) in [5, 5.41) is 3.61. The second-order valence-corrected chi connectivity index (χ2v) is 5.94. The van der Waals surface area contributed by atoms with Gasteiger partial charge in [0.05, 0.1) is 18.3 Å². The molecule has 1 aliphatic heterocycles. The van der Waals surface area contributed by atoms with Gasteiger partial charge in [0.25, 0.3) is 0 Å². The van der Waals surface area contributed by atoms with Gasteiger partial charge in [0.1, 0.15) is 0 Å². The van der Waals surface area contributed by atoms with Crippen molar-refractivity contribution in [3.8, 4) is 0 Å². The molecule has 2 aliphatic rings. The van der Waals surface area contributed by atoms with Crippen molar-refractivity contribution in [1.82, 2.24) is 5.32 Å². The van der Waals surface area contributed by atoms with E-state index in [1.165, 1.54) is 0 Å². The van der Waals surface area contributed by atoms with Crippen LogP contribution in [0.1, 0.15) is 33.1 Å². The zero-order valence-corrected chi connectivity index (χ0v) is 11.2. The highest BCUT2D eigenvalue weighted by atomic mass is 16.5. The highest BCUT2D eigenvalue weighted by Crippen LogP contribution is 2.42. The van der Waals surface area contributed by atoms with Crippen molar-refractivity contribution in [2.45, 2.75) is 57.5 Å². The molecule has 0 aromatic carbocycles. The third-order valence-corrected chi connectivity index (χ3v) is 4.51. The lowest BCUT2D eigenvalue weighted by molar-refractivity contribution is -0.1000. The van der Waals surface area contributed by atoms with Gasteiger partial charge in [-0.2, -0.15) is 0 Å². The minimum absolute atomic E-state index is 0.237. The average Bonchev–Trinajstić information content (AvgIpc) is 2.76. The number of hydrogen-bond acceptors (Lipinski definition) is 4. The van der Waals surface area contributed by atoms with Crippen LogP contribution in [0.2, 0.25) is 0 Å². The van der Waals surface area contributed by atoms with Crippen LogP contribution in [0.25, 0.3) is 0 Å². The second-order valence-electron chi connectivity index (χ2n) is 5.94. The molecule has 4 atom stereocenters. The van der Waals surface area contributed by atoms with E-state index in [1.54, 1.807) is 7.11 Å². The number of nitrogens with one attached hydrogen (secondary N) is 1. The van der Waals surface area contributed by atoms with Crippen LogP contribution in [0, 0.1) is 5.41 Å². The van der Waals surface area contributed by atoms with E-state index in [4.69, 9.17) is 15.2 Å². The van der Waals surface area contributed by atoms with E-state index in [0.29, 0.717) is 24.8 Å².